The van der Waals surface area contributed by atoms with E-state index >= 15 is 0 Å². The first-order valence-electron chi connectivity index (χ1n) is 9.61. The highest BCUT2D eigenvalue weighted by molar-refractivity contribution is 7.80. The Labute approximate surface area is 168 Å². The Hall–Kier alpha value is -2.27. The molecule has 0 unspecified atom stereocenters. The molecule has 0 aliphatic rings. The smallest absolute Gasteiger partial charge is 0.170 e. The second kappa shape index (κ2) is 10.8. The summed E-state index contributed by atoms with van der Waals surface area (Å²) >= 11 is 5.41. The van der Waals surface area contributed by atoms with Crippen molar-refractivity contribution in [1.29, 1.82) is 0 Å². The number of nitrogens with zero attached hydrogens (tertiary/aromatic N) is 1. The summed E-state index contributed by atoms with van der Waals surface area (Å²) in [5.41, 5.74) is 3.49. The lowest BCUT2D eigenvalue weighted by Crippen LogP contribution is -2.32. The van der Waals surface area contributed by atoms with Gasteiger partial charge in [-0.1, -0.05) is 23.8 Å². The maximum atomic E-state index is 5.71. The van der Waals surface area contributed by atoms with Crippen LogP contribution in [0.5, 0.6) is 5.75 Å². The van der Waals surface area contributed by atoms with Gasteiger partial charge in [0.05, 0.1) is 6.10 Å². The molecular weight excluding hydrogens is 354 g/mol. The van der Waals surface area contributed by atoms with Crippen molar-refractivity contribution in [1.82, 2.24) is 5.32 Å². The Bertz CT molecular complexity index is 716. The van der Waals surface area contributed by atoms with Crippen molar-refractivity contribution in [3.05, 3.63) is 54.1 Å². The summed E-state index contributed by atoms with van der Waals surface area (Å²) in [7, 11) is 0. The molecule has 27 heavy (non-hydrogen) atoms. The monoisotopic (exact) mass is 385 g/mol. The van der Waals surface area contributed by atoms with Crippen molar-refractivity contribution < 1.29 is 4.74 Å². The van der Waals surface area contributed by atoms with E-state index in [-0.39, 0.29) is 6.10 Å². The minimum atomic E-state index is 0.153. The first-order chi connectivity index (χ1) is 13.0. The molecule has 2 aromatic carbocycles. The maximum Gasteiger partial charge on any atom is 0.170 e. The Balaban J connectivity index is 1.74. The molecule has 0 aromatic heterocycles. The lowest BCUT2D eigenvalue weighted by molar-refractivity contribution is 0.242. The summed E-state index contributed by atoms with van der Waals surface area (Å²) < 4.78 is 5.71. The molecule has 0 amide bonds. The van der Waals surface area contributed by atoms with Gasteiger partial charge in [-0.2, -0.15) is 0 Å². The predicted molar refractivity (Wildman–Crippen MR) is 120 cm³/mol. The van der Waals surface area contributed by atoms with Crippen LogP contribution < -0.4 is 20.3 Å². The van der Waals surface area contributed by atoms with Crippen molar-refractivity contribution >= 4 is 28.7 Å². The van der Waals surface area contributed by atoms with Gasteiger partial charge in [-0.3, -0.25) is 0 Å². The fourth-order valence-electron chi connectivity index (χ4n) is 2.79. The van der Waals surface area contributed by atoms with Gasteiger partial charge in [0.15, 0.2) is 5.11 Å². The molecular formula is C22H31N3OS. The van der Waals surface area contributed by atoms with E-state index in [2.05, 4.69) is 53.6 Å². The van der Waals surface area contributed by atoms with E-state index < -0.39 is 0 Å². The first-order valence-corrected chi connectivity index (χ1v) is 10.0. The van der Waals surface area contributed by atoms with Crippen LogP contribution in [0, 0.1) is 6.92 Å². The van der Waals surface area contributed by atoms with Gasteiger partial charge in [-0.25, -0.2) is 0 Å². The fourth-order valence-corrected chi connectivity index (χ4v) is 3.01. The lowest BCUT2D eigenvalue weighted by Gasteiger charge is -2.23. The van der Waals surface area contributed by atoms with Crippen LogP contribution >= 0.6 is 12.2 Å². The highest BCUT2D eigenvalue weighted by Gasteiger charge is 2.05. The highest BCUT2D eigenvalue weighted by atomic mass is 32.1. The van der Waals surface area contributed by atoms with Crippen molar-refractivity contribution in [2.24, 2.45) is 0 Å². The summed E-state index contributed by atoms with van der Waals surface area (Å²) in [6.07, 6.45) is 1.17. The van der Waals surface area contributed by atoms with Crippen LogP contribution in [0.15, 0.2) is 48.5 Å². The number of aryl methyl sites for hydroxylation is 1. The zero-order valence-corrected chi connectivity index (χ0v) is 17.6. The van der Waals surface area contributed by atoms with Gasteiger partial charge in [0.25, 0.3) is 0 Å². The Kier molecular flexibility index (Phi) is 8.40. The van der Waals surface area contributed by atoms with Gasteiger partial charge in [-0.15, -0.1) is 0 Å². The minimum absolute atomic E-state index is 0.153. The second-order valence-corrected chi connectivity index (χ2v) is 7.25. The third-order valence-corrected chi connectivity index (χ3v) is 4.38. The van der Waals surface area contributed by atoms with E-state index in [1.54, 1.807) is 0 Å². The molecule has 0 heterocycles. The zero-order chi connectivity index (χ0) is 19.6. The van der Waals surface area contributed by atoms with Crippen LogP contribution in [0.3, 0.4) is 0 Å². The second-order valence-electron chi connectivity index (χ2n) is 6.84. The fraction of sp³-hybridized carbons (Fsp3) is 0.409. The first kappa shape index (κ1) is 21.0. The average molecular weight is 386 g/mol. The number of benzene rings is 2. The molecule has 5 heteroatoms. The topological polar surface area (TPSA) is 36.5 Å². The van der Waals surface area contributed by atoms with Gasteiger partial charge in [0.2, 0.25) is 0 Å². The number of nitrogens with one attached hydrogen (secondary N) is 2. The summed E-state index contributed by atoms with van der Waals surface area (Å²) in [6.45, 7) is 11.1. The largest absolute Gasteiger partial charge is 0.491 e. The number of thiocarbonyl (C=S) groups is 1. The maximum absolute atomic E-state index is 5.71. The molecule has 2 aromatic rings. The van der Waals surface area contributed by atoms with Crippen molar-refractivity contribution in [3.8, 4) is 5.75 Å². The number of ether oxygens (including phenoxy) is 1. The molecule has 0 atom stereocenters. The molecule has 4 nitrogen and oxygen atoms in total. The third kappa shape index (κ3) is 7.47. The van der Waals surface area contributed by atoms with Crippen LogP contribution in [0.4, 0.5) is 11.4 Å². The van der Waals surface area contributed by atoms with Gasteiger partial charge in [-0.05, 0) is 70.6 Å². The average Bonchev–Trinajstić information content (AvgIpc) is 2.62. The van der Waals surface area contributed by atoms with Gasteiger partial charge >= 0.3 is 0 Å². The Morgan fingerprint density at radius 2 is 1.89 bits per heavy atom. The molecule has 0 fully saturated rings. The SMILES string of the molecule is CCN(CCCNC(=S)Nc1cccc(OC(C)C)c1)c1ccc(C)cc1. The molecule has 0 saturated heterocycles. The van der Waals surface area contributed by atoms with Crippen molar-refractivity contribution in [2.45, 2.75) is 40.2 Å². The highest BCUT2D eigenvalue weighted by Crippen LogP contribution is 2.18. The molecule has 2 rings (SSSR count). The quantitative estimate of drug-likeness (QED) is 0.470. The summed E-state index contributed by atoms with van der Waals surface area (Å²) in [5.74, 6) is 0.842. The molecule has 0 bridgehead atoms. The Morgan fingerprint density at radius 1 is 1.15 bits per heavy atom. The van der Waals surface area contributed by atoms with Crippen LogP contribution in [-0.4, -0.2) is 30.9 Å². The van der Waals surface area contributed by atoms with Gasteiger partial charge in [0, 0.05) is 37.1 Å². The van der Waals surface area contributed by atoms with E-state index in [0.717, 1.165) is 37.5 Å². The van der Waals surface area contributed by atoms with Crippen LogP contribution in [0.1, 0.15) is 32.8 Å². The molecule has 0 aliphatic heterocycles. The number of anilines is 2. The van der Waals surface area contributed by atoms with Gasteiger partial charge in [0.1, 0.15) is 5.75 Å². The van der Waals surface area contributed by atoms with Crippen molar-refractivity contribution in [3.63, 3.8) is 0 Å². The van der Waals surface area contributed by atoms with E-state index in [4.69, 9.17) is 17.0 Å². The van der Waals surface area contributed by atoms with Gasteiger partial charge < -0.3 is 20.3 Å². The number of hydrogen-bond donors (Lipinski definition) is 2. The molecule has 0 radical (unpaired) electrons. The van der Waals surface area contributed by atoms with Crippen LogP contribution in [-0.2, 0) is 0 Å². The van der Waals surface area contributed by atoms with E-state index in [9.17, 15) is 0 Å². The summed E-state index contributed by atoms with van der Waals surface area (Å²) in [4.78, 5) is 2.38. The molecule has 0 spiro atoms. The molecule has 2 N–H and O–H groups in total. The normalized spacial score (nSPS) is 10.6. The lowest BCUT2D eigenvalue weighted by atomic mass is 10.2. The minimum Gasteiger partial charge on any atom is -0.491 e. The third-order valence-electron chi connectivity index (χ3n) is 4.13. The summed E-state index contributed by atoms with van der Waals surface area (Å²) in [5, 5.41) is 7.14. The van der Waals surface area contributed by atoms with E-state index in [0.29, 0.717) is 5.11 Å². The predicted octanol–water partition coefficient (Wildman–Crippen LogP) is 4.99. The van der Waals surface area contributed by atoms with Crippen LogP contribution in [0.25, 0.3) is 0 Å². The van der Waals surface area contributed by atoms with Crippen LogP contribution in [0.2, 0.25) is 0 Å². The number of rotatable bonds is 9. The Morgan fingerprint density at radius 3 is 2.56 bits per heavy atom. The zero-order valence-electron chi connectivity index (χ0n) is 16.8. The number of hydrogen-bond acceptors (Lipinski definition) is 3. The molecule has 0 aliphatic carbocycles. The standard InChI is InChI=1S/C22H31N3OS/c1-5-25(20-12-10-18(4)11-13-20)15-7-14-23-22(27)24-19-8-6-9-21(16-19)26-17(2)3/h6,8-13,16-17H,5,7,14-15H2,1-4H3,(H2,23,24,27). The van der Waals surface area contributed by atoms with Crippen molar-refractivity contribution in [2.75, 3.05) is 29.9 Å². The van der Waals surface area contributed by atoms with E-state index in [1.165, 1.54) is 11.3 Å². The summed E-state index contributed by atoms with van der Waals surface area (Å²) in [6, 6.07) is 16.5. The molecule has 146 valence electrons. The van der Waals surface area contributed by atoms with E-state index in [1.807, 2.05) is 38.1 Å². The molecule has 0 saturated carbocycles.